The Kier molecular flexibility index (Phi) is 5.83. The van der Waals surface area contributed by atoms with Crippen molar-refractivity contribution in [3.05, 3.63) is 59.5 Å². The number of hydrogen-bond donors (Lipinski definition) is 2. The lowest BCUT2D eigenvalue weighted by Gasteiger charge is -2.07. The molecule has 27 heavy (non-hydrogen) atoms. The summed E-state index contributed by atoms with van der Waals surface area (Å²) in [5.74, 6) is 0.647. The lowest BCUT2D eigenvalue weighted by Crippen LogP contribution is -2.19. The second kappa shape index (κ2) is 8.46. The molecule has 0 unspecified atom stereocenters. The topological polar surface area (TPSA) is 80.3 Å². The van der Waals surface area contributed by atoms with Gasteiger partial charge in [-0.25, -0.2) is 9.78 Å². The highest BCUT2D eigenvalue weighted by atomic mass is 32.1. The van der Waals surface area contributed by atoms with Gasteiger partial charge in [-0.15, -0.1) is 0 Å². The molecular weight excluding hydrogens is 362 g/mol. The maximum atomic E-state index is 12.2. The number of carbonyl (C=O) groups is 2. The van der Waals surface area contributed by atoms with Crippen molar-refractivity contribution in [2.45, 2.75) is 13.8 Å². The monoisotopic (exact) mass is 381 g/mol. The van der Waals surface area contributed by atoms with Gasteiger partial charge < -0.3 is 10.1 Å². The summed E-state index contributed by atoms with van der Waals surface area (Å²) in [7, 11) is 0. The Bertz CT molecular complexity index is 937. The van der Waals surface area contributed by atoms with Gasteiger partial charge in [0.2, 0.25) is 0 Å². The van der Waals surface area contributed by atoms with Crippen LogP contribution in [0.1, 0.15) is 23.5 Å². The zero-order chi connectivity index (χ0) is 19.2. The van der Waals surface area contributed by atoms with E-state index in [0.717, 1.165) is 22.6 Å². The van der Waals surface area contributed by atoms with Crippen LogP contribution in [-0.4, -0.2) is 23.4 Å². The molecule has 2 aromatic carbocycles. The van der Waals surface area contributed by atoms with E-state index >= 15 is 0 Å². The molecular formula is C20H19N3O3S. The standard InChI is InChI=1S/C20H19N3O3S/c1-3-26-16-11-9-15(10-12-16)21-19(25)23-20-22-17(18(27-20)13(2)24)14-7-5-4-6-8-14/h4-12H,3H2,1-2H3,(H2,21,22,23,25). The van der Waals surface area contributed by atoms with Crippen molar-refractivity contribution in [2.24, 2.45) is 0 Å². The maximum Gasteiger partial charge on any atom is 0.325 e. The summed E-state index contributed by atoms with van der Waals surface area (Å²) in [5, 5.41) is 5.79. The van der Waals surface area contributed by atoms with E-state index in [0.29, 0.717) is 28.0 Å². The van der Waals surface area contributed by atoms with Gasteiger partial charge in [-0.2, -0.15) is 0 Å². The number of nitrogens with one attached hydrogen (secondary N) is 2. The number of carbonyl (C=O) groups excluding carboxylic acids is 2. The second-order valence-corrected chi connectivity index (χ2v) is 6.65. The molecule has 3 aromatic rings. The Morgan fingerprint density at radius 2 is 1.74 bits per heavy atom. The average molecular weight is 381 g/mol. The van der Waals surface area contributed by atoms with E-state index in [4.69, 9.17) is 4.74 Å². The van der Waals surface area contributed by atoms with Gasteiger partial charge in [-0.05, 0) is 31.2 Å². The first-order valence-electron chi connectivity index (χ1n) is 8.45. The van der Waals surface area contributed by atoms with Crippen LogP contribution in [-0.2, 0) is 0 Å². The molecule has 0 aliphatic rings. The van der Waals surface area contributed by atoms with Crippen molar-refractivity contribution in [1.29, 1.82) is 0 Å². The Hall–Kier alpha value is -3.19. The lowest BCUT2D eigenvalue weighted by molar-refractivity contribution is 0.102. The van der Waals surface area contributed by atoms with Crippen molar-refractivity contribution in [1.82, 2.24) is 4.98 Å². The summed E-state index contributed by atoms with van der Waals surface area (Å²) in [6, 6.07) is 16.1. The molecule has 2 N–H and O–H groups in total. The molecule has 0 bridgehead atoms. The molecule has 0 saturated carbocycles. The smallest absolute Gasteiger partial charge is 0.325 e. The predicted octanol–water partition coefficient (Wildman–Crippen LogP) is 5.06. The van der Waals surface area contributed by atoms with E-state index in [2.05, 4.69) is 15.6 Å². The van der Waals surface area contributed by atoms with Gasteiger partial charge in [0.1, 0.15) is 5.75 Å². The van der Waals surface area contributed by atoms with Crippen LogP contribution < -0.4 is 15.4 Å². The molecule has 0 radical (unpaired) electrons. The number of Topliss-reactive ketones (excluding diaryl/α,β-unsaturated/α-hetero) is 1. The summed E-state index contributed by atoms with van der Waals surface area (Å²) in [6.07, 6.45) is 0. The summed E-state index contributed by atoms with van der Waals surface area (Å²) < 4.78 is 5.37. The van der Waals surface area contributed by atoms with E-state index in [9.17, 15) is 9.59 Å². The number of rotatable bonds is 6. The van der Waals surface area contributed by atoms with Crippen LogP contribution in [0, 0.1) is 0 Å². The largest absolute Gasteiger partial charge is 0.494 e. The van der Waals surface area contributed by atoms with Crippen LogP contribution >= 0.6 is 11.3 Å². The van der Waals surface area contributed by atoms with Crippen LogP contribution in [0.25, 0.3) is 11.3 Å². The van der Waals surface area contributed by atoms with Crippen LogP contribution in [0.4, 0.5) is 15.6 Å². The molecule has 0 saturated heterocycles. The predicted molar refractivity (Wildman–Crippen MR) is 108 cm³/mol. The third-order valence-electron chi connectivity index (χ3n) is 3.64. The van der Waals surface area contributed by atoms with Gasteiger partial charge >= 0.3 is 6.03 Å². The minimum Gasteiger partial charge on any atom is -0.494 e. The van der Waals surface area contributed by atoms with Crippen LogP contribution in [0.5, 0.6) is 5.75 Å². The van der Waals surface area contributed by atoms with Gasteiger partial charge in [-0.3, -0.25) is 10.1 Å². The molecule has 0 spiro atoms. The number of hydrogen-bond acceptors (Lipinski definition) is 5. The van der Waals surface area contributed by atoms with E-state index < -0.39 is 6.03 Å². The highest BCUT2D eigenvalue weighted by molar-refractivity contribution is 7.18. The van der Waals surface area contributed by atoms with E-state index in [-0.39, 0.29) is 5.78 Å². The summed E-state index contributed by atoms with van der Waals surface area (Å²) in [4.78, 5) is 29.1. The molecule has 0 fully saturated rings. The van der Waals surface area contributed by atoms with Crippen molar-refractivity contribution < 1.29 is 14.3 Å². The summed E-state index contributed by atoms with van der Waals surface area (Å²) in [6.45, 7) is 3.98. The van der Waals surface area contributed by atoms with Crippen molar-refractivity contribution >= 4 is 34.0 Å². The number of ketones is 1. The van der Waals surface area contributed by atoms with Crippen LogP contribution in [0.2, 0.25) is 0 Å². The average Bonchev–Trinajstić information content (AvgIpc) is 3.08. The highest BCUT2D eigenvalue weighted by Crippen LogP contribution is 2.31. The van der Waals surface area contributed by atoms with Gasteiger partial charge in [-0.1, -0.05) is 41.7 Å². The normalized spacial score (nSPS) is 10.3. The molecule has 0 atom stereocenters. The number of urea groups is 1. The fourth-order valence-corrected chi connectivity index (χ4v) is 3.34. The number of anilines is 2. The quantitative estimate of drug-likeness (QED) is 0.585. The SMILES string of the molecule is CCOc1ccc(NC(=O)Nc2nc(-c3ccccc3)c(C(C)=O)s2)cc1. The van der Waals surface area contributed by atoms with Gasteiger partial charge in [0.25, 0.3) is 0 Å². The molecule has 1 heterocycles. The Balaban J connectivity index is 1.73. The molecule has 1 aromatic heterocycles. The van der Waals surface area contributed by atoms with Crippen LogP contribution in [0.3, 0.4) is 0 Å². The molecule has 2 amide bonds. The van der Waals surface area contributed by atoms with E-state index in [1.165, 1.54) is 6.92 Å². The number of ether oxygens (including phenoxy) is 1. The second-order valence-electron chi connectivity index (χ2n) is 5.66. The van der Waals surface area contributed by atoms with Gasteiger partial charge in [0.15, 0.2) is 10.9 Å². The Morgan fingerprint density at radius 1 is 1.04 bits per heavy atom. The summed E-state index contributed by atoms with van der Waals surface area (Å²) in [5.41, 5.74) is 2.03. The Morgan fingerprint density at radius 3 is 2.37 bits per heavy atom. The minimum atomic E-state index is -0.428. The first kappa shape index (κ1) is 18.6. The third kappa shape index (κ3) is 4.71. The fraction of sp³-hybridized carbons (Fsp3) is 0.150. The zero-order valence-corrected chi connectivity index (χ0v) is 15.8. The molecule has 138 valence electrons. The van der Waals surface area contributed by atoms with Crippen molar-refractivity contribution in [2.75, 3.05) is 17.2 Å². The van der Waals surface area contributed by atoms with Crippen LogP contribution in [0.15, 0.2) is 54.6 Å². The minimum absolute atomic E-state index is 0.0914. The van der Waals surface area contributed by atoms with Gasteiger partial charge in [0, 0.05) is 18.2 Å². The summed E-state index contributed by atoms with van der Waals surface area (Å²) >= 11 is 1.16. The Labute approximate surface area is 161 Å². The van der Waals surface area contributed by atoms with E-state index in [1.54, 1.807) is 24.3 Å². The highest BCUT2D eigenvalue weighted by Gasteiger charge is 2.17. The molecule has 7 heteroatoms. The molecule has 0 aliphatic carbocycles. The molecule has 3 rings (SSSR count). The van der Waals surface area contributed by atoms with Crippen molar-refractivity contribution in [3.63, 3.8) is 0 Å². The number of aromatic nitrogens is 1. The number of thiazole rings is 1. The lowest BCUT2D eigenvalue weighted by atomic mass is 10.1. The first-order chi connectivity index (χ1) is 13.1. The molecule has 6 nitrogen and oxygen atoms in total. The first-order valence-corrected chi connectivity index (χ1v) is 9.26. The van der Waals surface area contributed by atoms with Crippen molar-refractivity contribution in [3.8, 4) is 17.0 Å². The maximum absolute atomic E-state index is 12.2. The zero-order valence-electron chi connectivity index (χ0n) is 15.0. The van der Waals surface area contributed by atoms with Gasteiger partial charge in [0.05, 0.1) is 17.2 Å². The molecule has 0 aliphatic heterocycles. The van der Waals surface area contributed by atoms with E-state index in [1.807, 2.05) is 37.3 Å². The number of amides is 2. The third-order valence-corrected chi connectivity index (χ3v) is 4.71. The number of benzene rings is 2. The number of nitrogens with zero attached hydrogens (tertiary/aromatic N) is 1. The fourth-order valence-electron chi connectivity index (χ4n) is 2.46.